The highest BCUT2D eigenvalue weighted by molar-refractivity contribution is 9.10. The monoisotopic (exact) mass is 490 g/mol. The van der Waals surface area contributed by atoms with Gasteiger partial charge in [0.1, 0.15) is 6.04 Å². The van der Waals surface area contributed by atoms with Gasteiger partial charge in [-0.2, -0.15) is 4.31 Å². The van der Waals surface area contributed by atoms with Gasteiger partial charge < -0.3 is 0 Å². The van der Waals surface area contributed by atoms with Crippen molar-refractivity contribution in [2.45, 2.75) is 56.0 Å². The number of amides is 2. The van der Waals surface area contributed by atoms with Gasteiger partial charge in [-0.05, 0) is 60.7 Å². The van der Waals surface area contributed by atoms with Crippen LogP contribution >= 0.6 is 15.9 Å². The van der Waals surface area contributed by atoms with E-state index in [0.29, 0.717) is 24.4 Å². The minimum Gasteiger partial charge on any atom is -0.274 e. The second-order valence-corrected chi connectivity index (χ2v) is 10.8. The molecule has 30 heavy (non-hydrogen) atoms. The number of hydrogen-bond donors (Lipinski definition) is 0. The van der Waals surface area contributed by atoms with Crippen LogP contribution in [0.1, 0.15) is 44.6 Å². The second kappa shape index (κ2) is 7.90. The minimum absolute atomic E-state index is 0.123. The Bertz CT molecular complexity index is 1080. The van der Waals surface area contributed by atoms with Crippen LogP contribution in [0, 0.1) is 0 Å². The van der Waals surface area contributed by atoms with Crippen molar-refractivity contribution in [3.8, 4) is 0 Å². The van der Waals surface area contributed by atoms with Crippen LogP contribution < -0.4 is 4.90 Å². The van der Waals surface area contributed by atoms with Crippen LogP contribution in [-0.4, -0.2) is 36.6 Å². The largest absolute Gasteiger partial charge is 0.274 e. The highest BCUT2D eigenvalue weighted by Crippen LogP contribution is 2.38. The van der Waals surface area contributed by atoms with Crippen molar-refractivity contribution in [1.82, 2.24) is 4.31 Å². The maximum absolute atomic E-state index is 13.4. The molecule has 1 unspecified atom stereocenters. The molecule has 1 heterocycles. The maximum Gasteiger partial charge on any atom is 0.252 e. The number of rotatable bonds is 6. The third kappa shape index (κ3) is 3.84. The Morgan fingerprint density at radius 2 is 1.60 bits per heavy atom. The molecule has 1 aliphatic heterocycles. The zero-order valence-electron chi connectivity index (χ0n) is 16.8. The van der Waals surface area contributed by atoms with Gasteiger partial charge in [-0.1, -0.05) is 41.9 Å². The first-order chi connectivity index (χ1) is 14.2. The van der Waals surface area contributed by atoms with Gasteiger partial charge in [0.05, 0.1) is 17.0 Å². The summed E-state index contributed by atoms with van der Waals surface area (Å²) >= 11 is 3.31. The van der Waals surface area contributed by atoms with Crippen LogP contribution in [0.25, 0.3) is 0 Å². The number of halogens is 1. The molecule has 0 aromatic heterocycles. The van der Waals surface area contributed by atoms with Crippen LogP contribution in [0.2, 0.25) is 0 Å². The van der Waals surface area contributed by atoms with E-state index >= 15 is 0 Å². The van der Waals surface area contributed by atoms with Gasteiger partial charge in [0, 0.05) is 10.5 Å². The van der Waals surface area contributed by atoms with Gasteiger partial charge in [0.15, 0.2) is 0 Å². The summed E-state index contributed by atoms with van der Waals surface area (Å²) in [4.78, 5) is 27.2. The summed E-state index contributed by atoms with van der Waals surface area (Å²) in [5, 5.41) is 0. The van der Waals surface area contributed by atoms with Crippen molar-refractivity contribution < 1.29 is 18.0 Å². The van der Waals surface area contributed by atoms with Gasteiger partial charge in [-0.25, -0.2) is 13.3 Å². The van der Waals surface area contributed by atoms with E-state index in [1.807, 2.05) is 12.1 Å². The average molecular weight is 491 g/mol. The van der Waals surface area contributed by atoms with Gasteiger partial charge >= 0.3 is 0 Å². The lowest BCUT2D eigenvalue weighted by Crippen LogP contribution is -2.46. The van der Waals surface area contributed by atoms with E-state index in [4.69, 9.17) is 0 Å². The molecule has 0 spiro atoms. The summed E-state index contributed by atoms with van der Waals surface area (Å²) in [6.07, 6.45) is 1.24. The fourth-order valence-electron chi connectivity index (χ4n) is 3.77. The van der Waals surface area contributed by atoms with Crippen molar-refractivity contribution in [2.75, 3.05) is 4.90 Å². The van der Waals surface area contributed by atoms with Gasteiger partial charge in [-0.3, -0.25) is 9.59 Å². The zero-order chi connectivity index (χ0) is 21.6. The van der Waals surface area contributed by atoms with Crippen LogP contribution in [0.15, 0.2) is 57.9 Å². The quantitative estimate of drug-likeness (QED) is 0.572. The first kappa shape index (κ1) is 21.2. The SMILES string of the molecule is CC(C)c1ccc(N2C(=O)CC(N(C3CC3)S(=O)(=O)c3ccc(Br)cc3)C2=O)cc1. The molecule has 2 aromatic carbocycles. The molecule has 8 heteroatoms. The minimum atomic E-state index is -3.91. The molecule has 0 bridgehead atoms. The first-order valence-corrected chi connectivity index (χ1v) is 12.2. The Morgan fingerprint density at radius 1 is 1.00 bits per heavy atom. The zero-order valence-corrected chi connectivity index (χ0v) is 19.2. The molecule has 0 N–H and O–H groups in total. The first-order valence-electron chi connectivity index (χ1n) is 9.96. The molecule has 1 saturated carbocycles. The van der Waals surface area contributed by atoms with Crippen molar-refractivity contribution >= 4 is 43.5 Å². The molecule has 2 amide bonds. The molecule has 2 aromatic rings. The summed E-state index contributed by atoms with van der Waals surface area (Å²) in [6, 6.07) is 12.4. The summed E-state index contributed by atoms with van der Waals surface area (Å²) in [7, 11) is -3.91. The van der Waals surface area contributed by atoms with Crippen LogP contribution in [-0.2, 0) is 19.6 Å². The standard InChI is InChI=1S/C22H23BrN2O4S/c1-14(2)15-3-7-17(8-4-15)24-21(26)13-20(22(24)27)25(18-9-10-18)30(28,29)19-11-5-16(23)6-12-19/h3-8,11-12,14,18,20H,9-10,13H2,1-2H3. The highest BCUT2D eigenvalue weighted by atomic mass is 79.9. The van der Waals surface area contributed by atoms with E-state index in [1.54, 1.807) is 24.3 Å². The highest BCUT2D eigenvalue weighted by Gasteiger charge is 2.51. The van der Waals surface area contributed by atoms with Crippen LogP contribution in [0.5, 0.6) is 0 Å². The molecule has 1 atom stereocenters. The van der Waals surface area contributed by atoms with Gasteiger partial charge in [-0.15, -0.1) is 0 Å². The maximum atomic E-state index is 13.4. The van der Waals surface area contributed by atoms with Gasteiger partial charge in [0.25, 0.3) is 5.91 Å². The smallest absolute Gasteiger partial charge is 0.252 e. The average Bonchev–Trinajstić information content (AvgIpc) is 3.48. The predicted molar refractivity (Wildman–Crippen MR) is 118 cm³/mol. The summed E-state index contributed by atoms with van der Waals surface area (Å²) < 4.78 is 28.7. The molecule has 2 aliphatic rings. The number of hydrogen-bond acceptors (Lipinski definition) is 4. The molecule has 0 radical (unpaired) electrons. The van der Waals surface area contributed by atoms with Crippen molar-refractivity contribution in [2.24, 2.45) is 0 Å². The Kier molecular flexibility index (Phi) is 5.59. The number of carbonyl (C=O) groups is 2. The molecule has 1 aliphatic carbocycles. The fourth-order valence-corrected chi connectivity index (χ4v) is 5.86. The number of nitrogens with zero attached hydrogens (tertiary/aromatic N) is 2. The number of imide groups is 1. The van der Waals surface area contributed by atoms with Crippen molar-refractivity contribution in [3.63, 3.8) is 0 Å². The Morgan fingerprint density at radius 3 is 2.13 bits per heavy atom. The lowest BCUT2D eigenvalue weighted by molar-refractivity contribution is -0.122. The number of carbonyl (C=O) groups excluding carboxylic acids is 2. The molecule has 4 rings (SSSR count). The van der Waals surface area contributed by atoms with E-state index in [9.17, 15) is 18.0 Å². The van der Waals surface area contributed by atoms with Crippen LogP contribution in [0.4, 0.5) is 5.69 Å². The van der Waals surface area contributed by atoms with Gasteiger partial charge in [0.2, 0.25) is 15.9 Å². The molecule has 6 nitrogen and oxygen atoms in total. The summed E-state index contributed by atoms with van der Waals surface area (Å²) in [5.74, 6) is -0.526. The third-order valence-electron chi connectivity index (χ3n) is 5.54. The van der Waals surface area contributed by atoms with E-state index in [2.05, 4.69) is 29.8 Å². The molecule has 158 valence electrons. The molecular formula is C22H23BrN2O4S. The van der Waals surface area contributed by atoms with E-state index < -0.39 is 22.0 Å². The molecule has 1 saturated heterocycles. The number of benzene rings is 2. The van der Waals surface area contributed by atoms with Crippen molar-refractivity contribution in [1.29, 1.82) is 0 Å². The molecular weight excluding hydrogens is 468 g/mol. The number of anilines is 1. The second-order valence-electron chi connectivity index (χ2n) is 8.05. The van der Waals surface area contributed by atoms with Crippen molar-refractivity contribution in [3.05, 3.63) is 58.6 Å². The Balaban J connectivity index is 1.66. The summed E-state index contributed by atoms with van der Waals surface area (Å²) in [5.41, 5.74) is 1.58. The molecule has 2 fully saturated rings. The van der Waals surface area contributed by atoms with E-state index in [1.165, 1.54) is 16.4 Å². The normalized spacial score (nSPS) is 19.9. The Hall–Kier alpha value is -2.03. The van der Waals surface area contributed by atoms with E-state index in [0.717, 1.165) is 14.9 Å². The lowest BCUT2D eigenvalue weighted by Gasteiger charge is -2.26. The topological polar surface area (TPSA) is 74.8 Å². The summed E-state index contributed by atoms with van der Waals surface area (Å²) in [6.45, 7) is 4.13. The third-order valence-corrected chi connectivity index (χ3v) is 8.05. The number of sulfonamides is 1. The fraction of sp³-hybridized carbons (Fsp3) is 0.364. The Labute approximate surface area is 185 Å². The predicted octanol–water partition coefficient (Wildman–Crippen LogP) is 4.06. The van der Waals surface area contributed by atoms with Crippen LogP contribution in [0.3, 0.4) is 0 Å². The van der Waals surface area contributed by atoms with E-state index in [-0.39, 0.29) is 23.3 Å². The lowest BCUT2D eigenvalue weighted by atomic mass is 10.0.